The van der Waals surface area contributed by atoms with Gasteiger partial charge in [0.25, 0.3) is 0 Å². The highest BCUT2D eigenvalue weighted by Gasteiger charge is 2.28. The van der Waals surface area contributed by atoms with Crippen LogP contribution in [0, 0.1) is 0 Å². The Balaban J connectivity index is 2.27. The molecule has 2 atom stereocenters. The lowest BCUT2D eigenvalue weighted by Gasteiger charge is -2.11. The highest BCUT2D eigenvalue weighted by atomic mass is 16.3. The average molecular weight is 145 g/mol. The lowest BCUT2D eigenvalue weighted by Crippen LogP contribution is -2.22. The van der Waals surface area contributed by atoms with E-state index in [4.69, 9.17) is 10.2 Å². The van der Waals surface area contributed by atoms with Gasteiger partial charge in [0.05, 0.1) is 12.2 Å². The molecule has 1 fully saturated rings. The number of β-amino-alcohol motifs (C(OH)–C–C–N with tert-alkyl or cyclic N) is 2. The van der Waals surface area contributed by atoms with Crippen molar-refractivity contribution >= 4 is 0 Å². The van der Waals surface area contributed by atoms with Gasteiger partial charge < -0.3 is 10.2 Å². The Hall–Kier alpha value is -0.120. The summed E-state index contributed by atoms with van der Waals surface area (Å²) in [5.41, 5.74) is 0. The normalized spacial score (nSPS) is 35.1. The Morgan fingerprint density at radius 3 is 2.20 bits per heavy atom. The minimum Gasteiger partial charge on any atom is -0.389 e. The van der Waals surface area contributed by atoms with E-state index in [1.807, 2.05) is 0 Å². The first-order chi connectivity index (χ1) is 4.74. The van der Waals surface area contributed by atoms with Crippen LogP contribution in [-0.4, -0.2) is 47.0 Å². The van der Waals surface area contributed by atoms with Crippen molar-refractivity contribution in [1.29, 1.82) is 0 Å². The van der Waals surface area contributed by atoms with Gasteiger partial charge in [0, 0.05) is 13.1 Å². The van der Waals surface area contributed by atoms with Crippen molar-refractivity contribution in [2.24, 2.45) is 0 Å². The smallest absolute Gasteiger partial charge is 0.0938 e. The summed E-state index contributed by atoms with van der Waals surface area (Å²) in [6, 6.07) is 0. The molecule has 1 rings (SSSR count). The molecule has 1 aliphatic rings. The SMILES string of the molecule is CCCN1C[C@H](O)[C@@H](O)C1. The van der Waals surface area contributed by atoms with E-state index >= 15 is 0 Å². The Bertz CT molecular complexity index is 97.8. The molecule has 0 unspecified atom stereocenters. The minimum atomic E-state index is -0.522. The molecule has 3 nitrogen and oxygen atoms in total. The maximum Gasteiger partial charge on any atom is 0.0938 e. The molecule has 10 heavy (non-hydrogen) atoms. The Morgan fingerprint density at radius 1 is 1.30 bits per heavy atom. The molecule has 0 amide bonds. The summed E-state index contributed by atoms with van der Waals surface area (Å²) in [6.45, 7) is 4.34. The van der Waals surface area contributed by atoms with Crippen molar-refractivity contribution in [2.75, 3.05) is 19.6 Å². The molecule has 0 aromatic rings. The van der Waals surface area contributed by atoms with Crippen LogP contribution in [0.25, 0.3) is 0 Å². The third-order valence-electron chi connectivity index (χ3n) is 1.87. The Labute approximate surface area is 61.3 Å². The fraction of sp³-hybridized carbons (Fsp3) is 1.00. The molecular formula is C7H15NO2. The maximum atomic E-state index is 9.10. The van der Waals surface area contributed by atoms with Gasteiger partial charge in [0.1, 0.15) is 0 Å². The van der Waals surface area contributed by atoms with Crippen LogP contribution in [0.4, 0.5) is 0 Å². The van der Waals surface area contributed by atoms with E-state index in [9.17, 15) is 0 Å². The van der Waals surface area contributed by atoms with Gasteiger partial charge in [-0.3, -0.25) is 4.90 Å². The molecule has 0 spiro atoms. The third kappa shape index (κ3) is 1.68. The molecule has 0 bridgehead atoms. The number of hydrogen-bond acceptors (Lipinski definition) is 3. The zero-order valence-electron chi connectivity index (χ0n) is 6.32. The number of rotatable bonds is 2. The monoisotopic (exact) mass is 145 g/mol. The predicted octanol–water partition coefficient (Wildman–Crippen LogP) is -0.566. The number of nitrogens with zero attached hydrogens (tertiary/aromatic N) is 1. The van der Waals surface area contributed by atoms with Gasteiger partial charge in [0.2, 0.25) is 0 Å². The van der Waals surface area contributed by atoms with Crippen LogP contribution in [0.1, 0.15) is 13.3 Å². The molecule has 0 saturated carbocycles. The summed E-state index contributed by atoms with van der Waals surface area (Å²) in [5, 5.41) is 18.2. The lowest BCUT2D eigenvalue weighted by molar-refractivity contribution is 0.0572. The van der Waals surface area contributed by atoms with Gasteiger partial charge in [0.15, 0.2) is 0 Å². The van der Waals surface area contributed by atoms with Crippen LogP contribution < -0.4 is 0 Å². The maximum absolute atomic E-state index is 9.10. The van der Waals surface area contributed by atoms with Crippen molar-refractivity contribution in [3.63, 3.8) is 0 Å². The quantitative estimate of drug-likeness (QED) is 0.547. The first-order valence-corrected chi connectivity index (χ1v) is 3.82. The average Bonchev–Trinajstić information content (AvgIpc) is 2.14. The van der Waals surface area contributed by atoms with E-state index in [-0.39, 0.29) is 0 Å². The molecule has 2 N–H and O–H groups in total. The van der Waals surface area contributed by atoms with E-state index < -0.39 is 12.2 Å². The molecule has 60 valence electrons. The molecule has 0 aromatic carbocycles. The summed E-state index contributed by atoms with van der Waals surface area (Å²) in [7, 11) is 0. The molecular weight excluding hydrogens is 130 g/mol. The topological polar surface area (TPSA) is 43.7 Å². The van der Waals surface area contributed by atoms with E-state index in [2.05, 4.69) is 11.8 Å². The summed E-state index contributed by atoms with van der Waals surface area (Å²) in [4.78, 5) is 2.08. The van der Waals surface area contributed by atoms with Gasteiger partial charge in [-0.15, -0.1) is 0 Å². The summed E-state index contributed by atoms with van der Waals surface area (Å²) in [5.74, 6) is 0. The zero-order valence-corrected chi connectivity index (χ0v) is 6.32. The molecule has 3 heteroatoms. The summed E-state index contributed by atoms with van der Waals surface area (Å²) in [6.07, 6.45) is 0.0394. The Kier molecular flexibility index (Phi) is 2.65. The molecule has 0 aliphatic carbocycles. The fourth-order valence-corrected chi connectivity index (χ4v) is 1.35. The molecule has 0 aromatic heterocycles. The molecule has 1 aliphatic heterocycles. The van der Waals surface area contributed by atoms with E-state index in [0.717, 1.165) is 13.0 Å². The van der Waals surface area contributed by atoms with Crippen molar-refractivity contribution in [2.45, 2.75) is 25.6 Å². The predicted molar refractivity (Wildman–Crippen MR) is 38.7 cm³/mol. The van der Waals surface area contributed by atoms with Crippen LogP contribution in [0.5, 0.6) is 0 Å². The van der Waals surface area contributed by atoms with Crippen molar-refractivity contribution < 1.29 is 10.2 Å². The largest absolute Gasteiger partial charge is 0.389 e. The van der Waals surface area contributed by atoms with Gasteiger partial charge in [-0.25, -0.2) is 0 Å². The summed E-state index contributed by atoms with van der Waals surface area (Å²) >= 11 is 0. The van der Waals surface area contributed by atoms with Crippen molar-refractivity contribution in [3.05, 3.63) is 0 Å². The van der Waals surface area contributed by atoms with Crippen molar-refractivity contribution in [1.82, 2.24) is 4.90 Å². The first-order valence-electron chi connectivity index (χ1n) is 3.82. The third-order valence-corrected chi connectivity index (χ3v) is 1.87. The van der Waals surface area contributed by atoms with Crippen LogP contribution in [0.3, 0.4) is 0 Å². The van der Waals surface area contributed by atoms with E-state index in [0.29, 0.717) is 13.1 Å². The van der Waals surface area contributed by atoms with Gasteiger partial charge >= 0.3 is 0 Å². The number of aliphatic hydroxyl groups is 2. The van der Waals surface area contributed by atoms with Crippen LogP contribution in [0.15, 0.2) is 0 Å². The second-order valence-electron chi connectivity index (χ2n) is 2.89. The highest BCUT2D eigenvalue weighted by molar-refractivity contribution is 4.82. The van der Waals surface area contributed by atoms with E-state index in [1.54, 1.807) is 0 Å². The Morgan fingerprint density at radius 2 is 1.80 bits per heavy atom. The number of hydrogen-bond donors (Lipinski definition) is 2. The molecule has 0 radical (unpaired) electrons. The van der Waals surface area contributed by atoms with Crippen LogP contribution in [-0.2, 0) is 0 Å². The zero-order chi connectivity index (χ0) is 7.56. The molecule has 1 saturated heterocycles. The van der Waals surface area contributed by atoms with Gasteiger partial charge in [-0.2, -0.15) is 0 Å². The fourth-order valence-electron chi connectivity index (χ4n) is 1.35. The minimum absolute atomic E-state index is 0.522. The highest BCUT2D eigenvalue weighted by Crippen LogP contribution is 2.09. The first kappa shape index (κ1) is 7.98. The molecule has 1 heterocycles. The number of likely N-dealkylation sites (tertiary alicyclic amines) is 1. The number of aliphatic hydroxyl groups excluding tert-OH is 2. The summed E-state index contributed by atoms with van der Waals surface area (Å²) < 4.78 is 0. The van der Waals surface area contributed by atoms with Gasteiger partial charge in [-0.05, 0) is 13.0 Å². The lowest BCUT2D eigenvalue weighted by atomic mass is 10.3. The van der Waals surface area contributed by atoms with Crippen molar-refractivity contribution in [3.8, 4) is 0 Å². The van der Waals surface area contributed by atoms with Crippen LogP contribution in [0.2, 0.25) is 0 Å². The van der Waals surface area contributed by atoms with Crippen LogP contribution >= 0.6 is 0 Å². The second-order valence-corrected chi connectivity index (χ2v) is 2.89. The second kappa shape index (κ2) is 3.32. The van der Waals surface area contributed by atoms with E-state index in [1.165, 1.54) is 0 Å². The van der Waals surface area contributed by atoms with Gasteiger partial charge in [-0.1, -0.05) is 6.92 Å². The standard InChI is InChI=1S/C7H15NO2/c1-2-3-8-4-6(9)7(10)5-8/h6-7,9-10H,2-5H2,1H3/t6-,7-/m0/s1.